The molecule has 1 amide bonds. The summed E-state index contributed by atoms with van der Waals surface area (Å²) in [6.45, 7) is 14.0. The number of carbonyl (C=O) groups is 1. The van der Waals surface area contributed by atoms with Crippen LogP contribution in [0.4, 0.5) is 4.79 Å². The van der Waals surface area contributed by atoms with Crippen LogP contribution in [0.5, 0.6) is 0 Å². The molecule has 0 spiro atoms. The molecule has 1 unspecified atom stereocenters. The molecule has 1 aromatic carbocycles. The summed E-state index contributed by atoms with van der Waals surface area (Å²) in [5.41, 5.74) is 0.471. The Bertz CT molecular complexity index is 692. The summed E-state index contributed by atoms with van der Waals surface area (Å²) in [5, 5.41) is 9.91. The Morgan fingerprint density at radius 3 is 2.39 bits per heavy atom. The number of hydrogen-bond acceptors (Lipinski definition) is 4. The van der Waals surface area contributed by atoms with Crippen molar-refractivity contribution in [1.29, 1.82) is 0 Å². The average Bonchev–Trinajstić information content (AvgIpc) is 2.70. The molecule has 0 aliphatic carbocycles. The highest BCUT2D eigenvalue weighted by molar-refractivity contribution is 5.80. The van der Waals surface area contributed by atoms with Crippen LogP contribution in [-0.2, 0) is 4.74 Å². The molecule has 0 radical (unpaired) electrons. The van der Waals surface area contributed by atoms with Gasteiger partial charge in [0.15, 0.2) is 5.96 Å². The van der Waals surface area contributed by atoms with E-state index in [1.165, 1.54) is 0 Å². The summed E-state index contributed by atoms with van der Waals surface area (Å²) in [4.78, 5) is 19.3. The number of carbonyl (C=O) groups excluding carboxylic acids is 1. The van der Waals surface area contributed by atoms with Crippen molar-refractivity contribution in [2.45, 2.75) is 65.1 Å². The number of nitrogens with zero attached hydrogens (tertiary/aromatic N) is 2. The Labute approximate surface area is 188 Å². The number of amides is 1. The number of benzene rings is 1. The van der Waals surface area contributed by atoms with E-state index in [0.717, 1.165) is 44.0 Å². The van der Waals surface area contributed by atoms with Gasteiger partial charge in [-0.1, -0.05) is 44.2 Å². The maximum Gasteiger partial charge on any atom is 0.408 e. The van der Waals surface area contributed by atoms with Gasteiger partial charge in [-0.15, -0.1) is 0 Å². The lowest BCUT2D eigenvalue weighted by atomic mass is 10.0. The van der Waals surface area contributed by atoms with Crippen molar-refractivity contribution >= 4 is 12.1 Å². The molecule has 174 valence electrons. The summed E-state index contributed by atoms with van der Waals surface area (Å²) in [5.74, 6) is 1.46. The van der Waals surface area contributed by atoms with E-state index in [2.05, 4.69) is 39.7 Å². The van der Waals surface area contributed by atoms with Crippen LogP contribution in [0.25, 0.3) is 0 Å². The van der Waals surface area contributed by atoms with Gasteiger partial charge >= 0.3 is 6.09 Å². The largest absolute Gasteiger partial charge is 0.444 e. The summed E-state index contributed by atoms with van der Waals surface area (Å²) in [6, 6.07) is 10.1. The SMILES string of the molecule is CN=C(NCC(NC(=O)OC(C)(C)C)c1ccccc1)NC1CCN(CC(C)C)CC1. The first-order chi connectivity index (χ1) is 14.7. The van der Waals surface area contributed by atoms with Crippen molar-refractivity contribution in [1.82, 2.24) is 20.9 Å². The van der Waals surface area contributed by atoms with Crippen molar-refractivity contribution in [3.05, 3.63) is 35.9 Å². The quantitative estimate of drug-likeness (QED) is 0.455. The van der Waals surface area contributed by atoms with E-state index in [9.17, 15) is 4.79 Å². The van der Waals surface area contributed by atoms with Gasteiger partial charge in [-0.3, -0.25) is 4.99 Å². The lowest BCUT2D eigenvalue weighted by molar-refractivity contribution is 0.0504. The van der Waals surface area contributed by atoms with Crippen molar-refractivity contribution in [3.63, 3.8) is 0 Å². The molecular formula is C24H41N5O2. The van der Waals surface area contributed by atoms with Gasteiger partial charge in [0.1, 0.15) is 5.60 Å². The number of guanidine groups is 1. The highest BCUT2D eigenvalue weighted by atomic mass is 16.6. The van der Waals surface area contributed by atoms with Crippen molar-refractivity contribution in [2.75, 3.05) is 33.2 Å². The van der Waals surface area contributed by atoms with Crippen molar-refractivity contribution in [3.8, 4) is 0 Å². The normalized spacial score (nSPS) is 17.3. The predicted octanol–water partition coefficient (Wildman–Crippen LogP) is 3.54. The fourth-order valence-corrected chi connectivity index (χ4v) is 3.75. The minimum atomic E-state index is -0.541. The van der Waals surface area contributed by atoms with Gasteiger partial charge in [-0.25, -0.2) is 4.79 Å². The number of alkyl carbamates (subject to hydrolysis) is 1. The molecule has 1 saturated heterocycles. The van der Waals surface area contributed by atoms with Crippen LogP contribution < -0.4 is 16.0 Å². The molecule has 7 heteroatoms. The second-order valence-corrected chi connectivity index (χ2v) is 9.68. The van der Waals surface area contributed by atoms with Crippen LogP contribution in [-0.4, -0.2) is 61.8 Å². The third kappa shape index (κ3) is 9.59. The van der Waals surface area contributed by atoms with E-state index < -0.39 is 11.7 Å². The van der Waals surface area contributed by atoms with Crippen LogP contribution in [0.1, 0.15) is 59.1 Å². The topological polar surface area (TPSA) is 78.0 Å². The number of piperidine rings is 1. The van der Waals surface area contributed by atoms with E-state index >= 15 is 0 Å². The minimum Gasteiger partial charge on any atom is -0.444 e. The Balaban J connectivity index is 1.91. The second kappa shape index (κ2) is 11.9. The van der Waals surface area contributed by atoms with Gasteiger partial charge < -0.3 is 25.6 Å². The summed E-state index contributed by atoms with van der Waals surface area (Å²) >= 11 is 0. The Morgan fingerprint density at radius 2 is 1.84 bits per heavy atom. The highest BCUT2D eigenvalue weighted by Gasteiger charge is 2.23. The molecule has 1 aliphatic rings. The standard InChI is InChI=1S/C24H41N5O2/c1-18(2)17-29-14-12-20(13-15-29)27-22(25-6)26-16-21(19-10-8-7-9-11-19)28-23(30)31-24(3,4)5/h7-11,18,20-21H,12-17H2,1-6H3,(H,28,30)(H2,25,26,27). The van der Waals surface area contributed by atoms with E-state index in [1.54, 1.807) is 7.05 Å². The van der Waals surface area contributed by atoms with E-state index in [4.69, 9.17) is 4.74 Å². The van der Waals surface area contributed by atoms with Gasteiger partial charge in [0.05, 0.1) is 6.04 Å². The maximum atomic E-state index is 12.4. The van der Waals surface area contributed by atoms with Gasteiger partial charge in [0.2, 0.25) is 0 Å². The molecule has 1 aromatic rings. The molecule has 3 N–H and O–H groups in total. The van der Waals surface area contributed by atoms with E-state index in [1.807, 2.05) is 51.1 Å². The first-order valence-corrected chi connectivity index (χ1v) is 11.4. The number of rotatable bonds is 7. The first-order valence-electron chi connectivity index (χ1n) is 11.4. The summed E-state index contributed by atoms with van der Waals surface area (Å²) in [6.07, 6.45) is 1.78. The highest BCUT2D eigenvalue weighted by Crippen LogP contribution is 2.15. The number of hydrogen-bond donors (Lipinski definition) is 3. The molecule has 0 aromatic heterocycles. The molecule has 1 heterocycles. The van der Waals surface area contributed by atoms with Crippen LogP contribution in [0.15, 0.2) is 35.3 Å². The third-order valence-electron chi connectivity index (χ3n) is 5.14. The monoisotopic (exact) mass is 431 g/mol. The minimum absolute atomic E-state index is 0.234. The van der Waals surface area contributed by atoms with E-state index in [-0.39, 0.29) is 6.04 Å². The van der Waals surface area contributed by atoms with Gasteiger partial charge in [0, 0.05) is 39.3 Å². The molecule has 0 bridgehead atoms. The van der Waals surface area contributed by atoms with Gasteiger partial charge in [0.25, 0.3) is 0 Å². The van der Waals surface area contributed by atoms with Crippen molar-refractivity contribution in [2.24, 2.45) is 10.9 Å². The number of ether oxygens (including phenoxy) is 1. The van der Waals surface area contributed by atoms with Gasteiger partial charge in [-0.2, -0.15) is 0 Å². The zero-order valence-corrected chi connectivity index (χ0v) is 20.1. The molecule has 0 saturated carbocycles. The smallest absolute Gasteiger partial charge is 0.408 e. The lowest BCUT2D eigenvalue weighted by Crippen LogP contribution is -2.50. The Morgan fingerprint density at radius 1 is 1.19 bits per heavy atom. The first kappa shape index (κ1) is 25.0. The lowest BCUT2D eigenvalue weighted by Gasteiger charge is -2.34. The zero-order chi connectivity index (χ0) is 22.9. The van der Waals surface area contributed by atoms with Crippen LogP contribution in [0.3, 0.4) is 0 Å². The fraction of sp³-hybridized carbons (Fsp3) is 0.667. The summed E-state index contributed by atoms with van der Waals surface area (Å²) in [7, 11) is 1.78. The molecule has 1 aliphatic heterocycles. The summed E-state index contributed by atoms with van der Waals surface area (Å²) < 4.78 is 5.45. The fourth-order valence-electron chi connectivity index (χ4n) is 3.75. The van der Waals surface area contributed by atoms with Crippen LogP contribution >= 0.6 is 0 Å². The average molecular weight is 432 g/mol. The number of aliphatic imine (C=N–C) groups is 1. The van der Waals surface area contributed by atoms with E-state index in [0.29, 0.717) is 18.5 Å². The van der Waals surface area contributed by atoms with Crippen molar-refractivity contribution < 1.29 is 9.53 Å². The van der Waals surface area contributed by atoms with Crippen LogP contribution in [0.2, 0.25) is 0 Å². The third-order valence-corrected chi connectivity index (χ3v) is 5.14. The molecule has 7 nitrogen and oxygen atoms in total. The molecule has 1 atom stereocenters. The predicted molar refractivity (Wildman–Crippen MR) is 127 cm³/mol. The maximum absolute atomic E-state index is 12.4. The number of likely N-dealkylation sites (tertiary alicyclic amines) is 1. The Hall–Kier alpha value is -2.28. The second-order valence-electron chi connectivity index (χ2n) is 9.68. The zero-order valence-electron chi connectivity index (χ0n) is 20.1. The molecule has 1 fully saturated rings. The van der Waals surface area contributed by atoms with Crippen LogP contribution in [0, 0.1) is 5.92 Å². The van der Waals surface area contributed by atoms with Gasteiger partial charge in [-0.05, 0) is 45.1 Å². The molecule has 31 heavy (non-hydrogen) atoms. The molecule has 2 rings (SSSR count). The molecular weight excluding hydrogens is 390 g/mol. The Kier molecular flexibility index (Phi) is 9.62. The number of nitrogens with one attached hydrogen (secondary N) is 3.